The van der Waals surface area contributed by atoms with Gasteiger partial charge in [-0.1, -0.05) is 29.4 Å². The maximum atomic E-state index is 5.90. The molecule has 12 heavy (non-hydrogen) atoms. The number of para-hydroxylation sites is 1. The minimum Gasteiger partial charge on any atom is -0.431 e. The second-order valence-electron chi connectivity index (χ2n) is 2.27. The Bertz CT molecular complexity index is 412. The zero-order valence-electron chi connectivity index (χ0n) is 6.37. The van der Waals surface area contributed by atoms with Gasteiger partial charge in [0, 0.05) is 0 Å². The van der Waals surface area contributed by atoms with Crippen molar-refractivity contribution >= 4 is 34.5 Å². The Morgan fingerprint density at radius 1 is 1.50 bits per heavy atom. The van der Waals surface area contributed by atoms with Crippen LogP contribution in [-0.4, -0.2) is 11.2 Å². The predicted octanol–water partition coefficient (Wildman–Crippen LogP) is 3.20. The Morgan fingerprint density at radius 3 is 3.00 bits per heavy atom. The van der Waals surface area contributed by atoms with E-state index in [1.54, 1.807) is 6.07 Å². The van der Waals surface area contributed by atoms with Gasteiger partial charge in [0.05, 0.1) is 5.02 Å². The van der Waals surface area contributed by atoms with Crippen molar-refractivity contribution in [1.29, 1.82) is 0 Å². The number of oxazole rings is 1. The van der Waals surface area contributed by atoms with Crippen LogP contribution in [0.3, 0.4) is 0 Å². The fourth-order valence-electron chi connectivity index (χ4n) is 0.982. The number of aromatic nitrogens is 1. The first-order chi connectivity index (χ1) is 5.81. The van der Waals surface area contributed by atoms with Gasteiger partial charge in [0.15, 0.2) is 5.58 Å². The van der Waals surface area contributed by atoms with E-state index in [4.69, 9.17) is 16.0 Å². The number of fused-ring (bicyclic) bond motifs is 1. The lowest BCUT2D eigenvalue weighted by Crippen LogP contribution is -1.69. The van der Waals surface area contributed by atoms with Gasteiger partial charge in [-0.25, -0.2) is 4.98 Å². The smallest absolute Gasteiger partial charge is 0.256 e. The highest BCUT2D eigenvalue weighted by molar-refractivity contribution is 7.98. The van der Waals surface area contributed by atoms with Crippen molar-refractivity contribution in [3.8, 4) is 0 Å². The largest absolute Gasteiger partial charge is 0.431 e. The molecule has 4 heteroatoms. The van der Waals surface area contributed by atoms with Gasteiger partial charge in [0.25, 0.3) is 5.22 Å². The van der Waals surface area contributed by atoms with Crippen molar-refractivity contribution in [2.45, 2.75) is 5.22 Å². The third-order valence-electron chi connectivity index (χ3n) is 1.52. The number of hydrogen-bond acceptors (Lipinski definition) is 3. The second-order valence-corrected chi connectivity index (χ2v) is 3.44. The lowest BCUT2D eigenvalue weighted by Gasteiger charge is -1.86. The molecule has 0 saturated heterocycles. The molecule has 62 valence electrons. The highest BCUT2D eigenvalue weighted by Gasteiger charge is 2.06. The van der Waals surface area contributed by atoms with Gasteiger partial charge in [0.1, 0.15) is 5.52 Å². The van der Waals surface area contributed by atoms with Crippen molar-refractivity contribution in [3.63, 3.8) is 0 Å². The molecule has 0 spiro atoms. The van der Waals surface area contributed by atoms with Crippen LogP contribution in [0.2, 0.25) is 5.02 Å². The Balaban J connectivity index is 2.74. The van der Waals surface area contributed by atoms with Crippen molar-refractivity contribution in [1.82, 2.24) is 4.98 Å². The molecule has 2 nitrogen and oxygen atoms in total. The zero-order chi connectivity index (χ0) is 8.55. The van der Waals surface area contributed by atoms with E-state index in [0.717, 1.165) is 11.1 Å². The molecular weight excluding hydrogens is 194 g/mol. The van der Waals surface area contributed by atoms with E-state index in [2.05, 4.69) is 4.98 Å². The van der Waals surface area contributed by atoms with Crippen LogP contribution in [0.25, 0.3) is 11.1 Å². The molecule has 0 amide bonds. The van der Waals surface area contributed by atoms with Crippen LogP contribution in [0, 0.1) is 0 Å². The summed E-state index contributed by atoms with van der Waals surface area (Å²) in [4.78, 5) is 4.20. The first-order valence-corrected chi connectivity index (χ1v) is 5.00. The second kappa shape index (κ2) is 2.99. The minimum absolute atomic E-state index is 0.636. The maximum absolute atomic E-state index is 5.90. The molecule has 0 bridgehead atoms. The lowest BCUT2D eigenvalue weighted by atomic mass is 10.3. The summed E-state index contributed by atoms with van der Waals surface area (Å²) in [6.07, 6.45) is 1.92. The van der Waals surface area contributed by atoms with E-state index < -0.39 is 0 Å². The van der Waals surface area contributed by atoms with Crippen molar-refractivity contribution in [3.05, 3.63) is 23.2 Å². The van der Waals surface area contributed by atoms with Gasteiger partial charge in [-0.3, -0.25) is 0 Å². The van der Waals surface area contributed by atoms with Gasteiger partial charge in [-0.2, -0.15) is 0 Å². The summed E-state index contributed by atoms with van der Waals surface area (Å²) < 4.78 is 5.37. The number of halogens is 1. The molecule has 1 aromatic carbocycles. The molecule has 0 saturated carbocycles. The first kappa shape index (κ1) is 7.95. The van der Waals surface area contributed by atoms with Crippen molar-refractivity contribution in [2.24, 2.45) is 0 Å². The lowest BCUT2D eigenvalue weighted by molar-refractivity contribution is 0.490. The third-order valence-corrected chi connectivity index (χ3v) is 2.35. The van der Waals surface area contributed by atoms with Crippen molar-refractivity contribution in [2.75, 3.05) is 6.26 Å². The number of hydrogen-bond donors (Lipinski definition) is 0. The number of nitrogens with zero attached hydrogens (tertiary/aromatic N) is 1. The molecule has 2 rings (SSSR count). The van der Waals surface area contributed by atoms with Crippen LogP contribution in [-0.2, 0) is 0 Å². The molecular formula is C8H6ClNOS. The summed E-state index contributed by atoms with van der Waals surface area (Å²) in [5.41, 5.74) is 1.48. The van der Waals surface area contributed by atoms with Crippen LogP contribution >= 0.6 is 23.4 Å². The summed E-state index contributed by atoms with van der Waals surface area (Å²) >= 11 is 7.36. The SMILES string of the molecule is CSc1nc2c(Cl)cccc2o1. The summed E-state index contributed by atoms with van der Waals surface area (Å²) in [5, 5.41) is 1.29. The highest BCUT2D eigenvalue weighted by Crippen LogP contribution is 2.26. The molecule has 0 radical (unpaired) electrons. The maximum Gasteiger partial charge on any atom is 0.256 e. The van der Waals surface area contributed by atoms with E-state index in [-0.39, 0.29) is 0 Å². The molecule has 1 aromatic heterocycles. The normalized spacial score (nSPS) is 10.8. The number of benzene rings is 1. The Morgan fingerprint density at radius 2 is 2.33 bits per heavy atom. The van der Waals surface area contributed by atoms with Crippen LogP contribution < -0.4 is 0 Å². The number of rotatable bonds is 1. The van der Waals surface area contributed by atoms with Crippen LogP contribution in [0.15, 0.2) is 27.8 Å². The van der Waals surface area contributed by atoms with Gasteiger partial charge in [0.2, 0.25) is 0 Å². The van der Waals surface area contributed by atoms with E-state index in [1.807, 2.05) is 18.4 Å². The molecule has 0 aliphatic carbocycles. The average molecular weight is 200 g/mol. The Labute approximate surface area is 78.9 Å². The standard InChI is InChI=1S/C8H6ClNOS/c1-12-8-10-7-5(9)3-2-4-6(7)11-8/h2-4H,1H3. The molecule has 2 aromatic rings. The van der Waals surface area contributed by atoms with Crippen molar-refractivity contribution < 1.29 is 4.42 Å². The van der Waals surface area contributed by atoms with Crippen LogP contribution in [0.1, 0.15) is 0 Å². The topological polar surface area (TPSA) is 26.0 Å². The van der Waals surface area contributed by atoms with Gasteiger partial charge < -0.3 is 4.42 Å². The quantitative estimate of drug-likeness (QED) is 0.660. The monoisotopic (exact) mass is 199 g/mol. The van der Waals surface area contributed by atoms with E-state index in [9.17, 15) is 0 Å². The summed E-state index contributed by atoms with van der Waals surface area (Å²) in [6.45, 7) is 0. The van der Waals surface area contributed by atoms with E-state index >= 15 is 0 Å². The summed E-state index contributed by atoms with van der Waals surface area (Å²) in [6, 6.07) is 5.50. The van der Waals surface area contributed by atoms with Gasteiger partial charge >= 0.3 is 0 Å². The molecule has 0 N–H and O–H groups in total. The molecule has 0 atom stereocenters. The van der Waals surface area contributed by atoms with Crippen LogP contribution in [0.5, 0.6) is 0 Å². The molecule has 0 aliphatic heterocycles. The average Bonchev–Trinajstić information content (AvgIpc) is 2.49. The molecule has 1 heterocycles. The molecule has 0 fully saturated rings. The third kappa shape index (κ3) is 1.19. The molecule has 0 unspecified atom stereocenters. The van der Waals surface area contributed by atoms with E-state index in [0.29, 0.717) is 10.2 Å². The fourth-order valence-corrected chi connectivity index (χ4v) is 1.55. The minimum atomic E-state index is 0.636. The molecule has 0 aliphatic rings. The predicted molar refractivity (Wildman–Crippen MR) is 50.8 cm³/mol. The summed E-state index contributed by atoms with van der Waals surface area (Å²) in [5.74, 6) is 0. The Hall–Kier alpha value is -0.670. The first-order valence-electron chi connectivity index (χ1n) is 3.40. The fraction of sp³-hybridized carbons (Fsp3) is 0.125. The highest BCUT2D eigenvalue weighted by atomic mass is 35.5. The Kier molecular flexibility index (Phi) is 1.98. The number of thioether (sulfide) groups is 1. The van der Waals surface area contributed by atoms with Gasteiger partial charge in [-0.05, 0) is 18.4 Å². The van der Waals surface area contributed by atoms with Gasteiger partial charge in [-0.15, -0.1) is 0 Å². The van der Waals surface area contributed by atoms with Crippen LogP contribution in [0.4, 0.5) is 0 Å². The zero-order valence-corrected chi connectivity index (χ0v) is 7.95. The summed E-state index contributed by atoms with van der Waals surface area (Å²) in [7, 11) is 0. The van der Waals surface area contributed by atoms with E-state index in [1.165, 1.54) is 11.8 Å².